The fourth-order valence-corrected chi connectivity index (χ4v) is 2.64. The van der Waals surface area contributed by atoms with E-state index in [0.29, 0.717) is 18.6 Å². The Kier molecular flexibility index (Phi) is 5.20. The number of hydrogen-bond donors (Lipinski definition) is 3. The smallest absolute Gasteiger partial charge is 0.252 e. The number of nitrogens with zero attached hydrogens (tertiary/aromatic N) is 1. The predicted molar refractivity (Wildman–Crippen MR) is 88.4 cm³/mol. The third kappa shape index (κ3) is 3.79. The Hall–Kier alpha value is -2.28. The zero-order valence-electron chi connectivity index (χ0n) is 13.1. The van der Waals surface area contributed by atoms with Crippen molar-refractivity contribution in [3.63, 3.8) is 0 Å². The van der Waals surface area contributed by atoms with Crippen molar-refractivity contribution in [2.24, 2.45) is 0 Å². The van der Waals surface area contributed by atoms with E-state index >= 15 is 0 Å². The molecule has 1 aromatic carbocycles. The van der Waals surface area contributed by atoms with Gasteiger partial charge in [-0.2, -0.15) is 0 Å². The maximum absolute atomic E-state index is 12.2. The van der Waals surface area contributed by atoms with Gasteiger partial charge in [0.2, 0.25) is 0 Å². The molecule has 1 saturated heterocycles. The first-order valence-corrected chi connectivity index (χ1v) is 7.92. The molecule has 1 aliphatic heterocycles. The van der Waals surface area contributed by atoms with Gasteiger partial charge in [-0.3, -0.25) is 9.78 Å². The molecule has 2 aromatic rings. The number of aliphatic hydroxyl groups is 2. The lowest BCUT2D eigenvalue weighted by Gasteiger charge is -2.32. The number of aromatic nitrogens is 1. The van der Waals surface area contributed by atoms with Crippen molar-refractivity contribution < 1.29 is 19.7 Å². The summed E-state index contributed by atoms with van der Waals surface area (Å²) in [7, 11) is 0. The molecule has 2 heterocycles. The number of ether oxygens (including phenoxy) is 1. The van der Waals surface area contributed by atoms with Gasteiger partial charge in [-0.15, -0.1) is 0 Å². The summed E-state index contributed by atoms with van der Waals surface area (Å²) in [6.45, 7) is 0.504. The Bertz CT molecular complexity index is 675. The molecule has 0 spiro atoms. The second-order valence-electron chi connectivity index (χ2n) is 5.76. The molecule has 0 radical (unpaired) electrons. The zero-order valence-corrected chi connectivity index (χ0v) is 13.1. The van der Waals surface area contributed by atoms with Crippen molar-refractivity contribution in [3.8, 4) is 11.3 Å². The number of rotatable bonds is 4. The highest BCUT2D eigenvalue weighted by Gasteiger charge is 2.31. The van der Waals surface area contributed by atoms with Gasteiger partial charge in [-0.05, 0) is 18.6 Å². The molecule has 0 aliphatic carbocycles. The molecule has 3 atom stereocenters. The molecule has 3 N–H and O–H groups in total. The maximum Gasteiger partial charge on any atom is 0.252 e. The number of nitrogens with one attached hydrogen (secondary N) is 1. The number of carbonyl (C=O) groups excluding carboxylic acids is 1. The van der Waals surface area contributed by atoms with Crippen LogP contribution in [0.25, 0.3) is 11.3 Å². The zero-order chi connectivity index (χ0) is 16.9. The van der Waals surface area contributed by atoms with E-state index in [4.69, 9.17) is 4.74 Å². The fraction of sp³-hybridized carbons (Fsp3) is 0.333. The maximum atomic E-state index is 12.2. The molecule has 0 bridgehead atoms. The highest BCUT2D eigenvalue weighted by Crippen LogP contribution is 2.17. The SMILES string of the molecule is O=C(NCC1OCCC(O)C1O)c1ccc(-c2ccccc2)nc1. The second-order valence-corrected chi connectivity index (χ2v) is 5.76. The molecule has 0 saturated carbocycles. The first kappa shape index (κ1) is 16.6. The van der Waals surface area contributed by atoms with Gasteiger partial charge in [0.1, 0.15) is 12.2 Å². The highest BCUT2D eigenvalue weighted by molar-refractivity contribution is 5.94. The van der Waals surface area contributed by atoms with Crippen LogP contribution in [0.2, 0.25) is 0 Å². The molecule has 6 nitrogen and oxygen atoms in total. The molecule has 1 amide bonds. The monoisotopic (exact) mass is 328 g/mol. The molecule has 24 heavy (non-hydrogen) atoms. The summed E-state index contributed by atoms with van der Waals surface area (Å²) in [5.74, 6) is -0.294. The lowest BCUT2D eigenvalue weighted by Crippen LogP contribution is -2.49. The fourth-order valence-electron chi connectivity index (χ4n) is 2.64. The van der Waals surface area contributed by atoms with E-state index in [-0.39, 0.29) is 12.5 Å². The van der Waals surface area contributed by atoms with E-state index in [9.17, 15) is 15.0 Å². The van der Waals surface area contributed by atoms with Crippen molar-refractivity contribution in [2.45, 2.75) is 24.7 Å². The van der Waals surface area contributed by atoms with Crippen LogP contribution in [0.15, 0.2) is 48.7 Å². The normalized spacial score (nSPS) is 23.7. The first-order chi connectivity index (χ1) is 11.6. The molecule has 6 heteroatoms. The van der Waals surface area contributed by atoms with Gasteiger partial charge >= 0.3 is 0 Å². The number of aliphatic hydroxyl groups excluding tert-OH is 2. The van der Waals surface area contributed by atoms with Crippen LogP contribution in [-0.4, -0.2) is 52.6 Å². The van der Waals surface area contributed by atoms with Gasteiger partial charge in [-0.1, -0.05) is 30.3 Å². The van der Waals surface area contributed by atoms with Crippen LogP contribution in [0.1, 0.15) is 16.8 Å². The van der Waals surface area contributed by atoms with Crippen LogP contribution in [0.5, 0.6) is 0 Å². The van der Waals surface area contributed by atoms with Gasteiger partial charge in [-0.25, -0.2) is 0 Å². The number of hydrogen-bond acceptors (Lipinski definition) is 5. The highest BCUT2D eigenvalue weighted by atomic mass is 16.5. The number of carbonyl (C=O) groups is 1. The molecule has 1 fully saturated rings. The molecule has 1 aromatic heterocycles. The Morgan fingerprint density at radius 3 is 2.71 bits per heavy atom. The number of benzene rings is 1. The van der Waals surface area contributed by atoms with Crippen molar-refractivity contribution in [3.05, 3.63) is 54.2 Å². The lowest BCUT2D eigenvalue weighted by atomic mass is 10.0. The Morgan fingerprint density at radius 2 is 2.00 bits per heavy atom. The van der Waals surface area contributed by atoms with Gasteiger partial charge in [0.05, 0.1) is 17.4 Å². The molecule has 3 unspecified atom stereocenters. The third-order valence-electron chi connectivity index (χ3n) is 4.08. The van der Waals surface area contributed by atoms with Gasteiger partial charge in [0.25, 0.3) is 5.91 Å². The minimum Gasteiger partial charge on any atom is -0.390 e. The quantitative estimate of drug-likeness (QED) is 0.778. The van der Waals surface area contributed by atoms with Crippen LogP contribution in [-0.2, 0) is 4.74 Å². The average Bonchev–Trinajstić information content (AvgIpc) is 2.63. The van der Waals surface area contributed by atoms with E-state index in [1.807, 2.05) is 30.3 Å². The van der Waals surface area contributed by atoms with Gasteiger partial charge < -0.3 is 20.3 Å². The van der Waals surface area contributed by atoms with E-state index in [1.54, 1.807) is 12.1 Å². The first-order valence-electron chi connectivity index (χ1n) is 7.92. The standard InChI is InChI=1S/C18H20N2O4/c21-15-8-9-24-16(17(15)22)11-20-18(23)13-6-7-14(19-10-13)12-4-2-1-3-5-12/h1-7,10,15-17,21-22H,8-9,11H2,(H,20,23). The molecule has 1 aliphatic rings. The Balaban J connectivity index is 1.59. The average molecular weight is 328 g/mol. The Labute approximate surface area is 140 Å². The van der Waals surface area contributed by atoms with Crippen molar-refractivity contribution in [1.29, 1.82) is 0 Å². The minimum absolute atomic E-state index is 0.136. The van der Waals surface area contributed by atoms with Crippen molar-refractivity contribution in [1.82, 2.24) is 10.3 Å². The lowest BCUT2D eigenvalue weighted by molar-refractivity contribution is -0.132. The van der Waals surface area contributed by atoms with Gasteiger partial charge in [0, 0.05) is 24.9 Å². The summed E-state index contributed by atoms with van der Waals surface area (Å²) in [4.78, 5) is 16.5. The summed E-state index contributed by atoms with van der Waals surface area (Å²) in [5.41, 5.74) is 2.21. The van der Waals surface area contributed by atoms with Crippen LogP contribution in [0, 0.1) is 0 Å². The topological polar surface area (TPSA) is 91.7 Å². The summed E-state index contributed by atoms with van der Waals surface area (Å²) >= 11 is 0. The van der Waals surface area contributed by atoms with E-state index in [1.165, 1.54) is 6.20 Å². The van der Waals surface area contributed by atoms with Crippen molar-refractivity contribution >= 4 is 5.91 Å². The minimum atomic E-state index is -0.988. The Morgan fingerprint density at radius 1 is 1.21 bits per heavy atom. The summed E-state index contributed by atoms with van der Waals surface area (Å²) in [6.07, 6.45) is -0.486. The van der Waals surface area contributed by atoms with Crippen LogP contribution < -0.4 is 5.32 Å². The second kappa shape index (κ2) is 7.53. The van der Waals surface area contributed by atoms with E-state index < -0.39 is 18.3 Å². The number of amides is 1. The van der Waals surface area contributed by atoms with E-state index in [0.717, 1.165) is 11.3 Å². The van der Waals surface area contributed by atoms with Gasteiger partial charge in [0.15, 0.2) is 0 Å². The van der Waals surface area contributed by atoms with Crippen LogP contribution in [0.4, 0.5) is 0 Å². The molecular formula is C18H20N2O4. The summed E-state index contributed by atoms with van der Waals surface area (Å²) in [6, 6.07) is 13.2. The summed E-state index contributed by atoms with van der Waals surface area (Å²) < 4.78 is 5.38. The molecule has 126 valence electrons. The third-order valence-corrected chi connectivity index (χ3v) is 4.08. The molecular weight excluding hydrogens is 308 g/mol. The van der Waals surface area contributed by atoms with Crippen molar-refractivity contribution in [2.75, 3.05) is 13.2 Å². The largest absolute Gasteiger partial charge is 0.390 e. The number of pyridine rings is 1. The van der Waals surface area contributed by atoms with Crippen LogP contribution in [0.3, 0.4) is 0 Å². The summed E-state index contributed by atoms with van der Waals surface area (Å²) in [5, 5.41) is 22.2. The molecule has 3 rings (SSSR count). The van der Waals surface area contributed by atoms with Crippen LogP contribution >= 0.6 is 0 Å². The van der Waals surface area contributed by atoms with E-state index in [2.05, 4.69) is 10.3 Å². The predicted octanol–water partition coefficient (Wildman–Crippen LogP) is 0.989.